The first-order chi connectivity index (χ1) is 20.4. The number of ether oxygens (including phenoxy) is 1. The summed E-state index contributed by atoms with van der Waals surface area (Å²) in [5, 5.41) is 6.48. The normalized spacial score (nSPS) is 11.2. The van der Waals surface area contributed by atoms with Crippen LogP contribution in [0.5, 0.6) is 5.75 Å². The zero-order valence-electron chi connectivity index (χ0n) is 23.8. The van der Waals surface area contributed by atoms with Crippen molar-refractivity contribution in [3.8, 4) is 17.1 Å². The molecule has 0 radical (unpaired) electrons. The molecule has 210 valence electrons. The van der Waals surface area contributed by atoms with Gasteiger partial charge in [0.15, 0.2) is 0 Å². The molecule has 7 heteroatoms. The second kappa shape index (κ2) is 11.3. The molecule has 0 aliphatic carbocycles. The van der Waals surface area contributed by atoms with Gasteiger partial charge < -0.3 is 4.74 Å². The predicted octanol–water partition coefficient (Wildman–Crippen LogP) is 6.33. The maximum atomic E-state index is 14.0. The highest BCUT2D eigenvalue weighted by Gasteiger charge is 2.31. The first-order valence-electron chi connectivity index (χ1n) is 13.9. The maximum Gasteiger partial charge on any atom is 0.275 e. The Morgan fingerprint density at radius 1 is 0.619 bits per heavy atom. The van der Waals surface area contributed by atoms with Crippen LogP contribution >= 0.6 is 0 Å². The van der Waals surface area contributed by atoms with Crippen LogP contribution in [0.25, 0.3) is 11.4 Å². The summed E-state index contributed by atoms with van der Waals surface area (Å²) in [4.78, 5) is 28.0. The third kappa shape index (κ3) is 5.01. The molecule has 6 rings (SSSR count). The monoisotopic (exact) mass is 556 g/mol. The van der Waals surface area contributed by atoms with Crippen molar-refractivity contribution >= 4 is 0 Å². The topological polar surface area (TPSA) is 84.8 Å². The Balaban J connectivity index is 1.46. The summed E-state index contributed by atoms with van der Waals surface area (Å²) >= 11 is 0. The maximum absolute atomic E-state index is 14.0. The van der Waals surface area contributed by atoms with Gasteiger partial charge in [-0.05, 0) is 73.9 Å². The fourth-order valence-electron chi connectivity index (χ4n) is 5.48. The standard InChI is InChI=1S/C35H32N4O3/c1-23-12-10-11-13-27(23)22-42-30-20-18-26(19-21-30)33(31-24(2)36-38(34(31)40)28-14-6-4-7-15-28)32-25(3)37-39(35(32)41)29-16-8-5-9-17-29/h4-21,33,36-37H,22H2,1-3H3. The molecule has 6 aromatic rings. The molecule has 7 nitrogen and oxygen atoms in total. The number of aromatic nitrogens is 4. The van der Waals surface area contributed by atoms with Crippen molar-refractivity contribution < 1.29 is 4.74 Å². The molecule has 4 aromatic carbocycles. The number of aromatic amines is 2. The lowest BCUT2D eigenvalue weighted by Crippen LogP contribution is -2.25. The van der Waals surface area contributed by atoms with E-state index in [-0.39, 0.29) is 11.1 Å². The fraction of sp³-hybridized carbons (Fsp3) is 0.143. The smallest absolute Gasteiger partial charge is 0.275 e. The van der Waals surface area contributed by atoms with Crippen molar-refractivity contribution in [1.29, 1.82) is 0 Å². The minimum atomic E-state index is -0.613. The van der Waals surface area contributed by atoms with Crippen LogP contribution < -0.4 is 15.9 Å². The number of para-hydroxylation sites is 2. The van der Waals surface area contributed by atoms with Crippen molar-refractivity contribution in [3.63, 3.8) is 0 Å². The van der Waals surface area contributed by atoms with Gasteiger partial charge in [-0.1, -0.05) is 72.8 Å². The summed E-state index contributed by atoms with van der Waals surface area (Å²) in [5.74, 6) is 0.0959. The average molecular weight is 557 g/mol. The molecular weight excluding hydrogens is 524 g/mol. The molecular formula is C35H32N4O3. The van der Waals surface area contributed by atoms with Crippen LogP contribution in [0.2, 0.25) is 0 Å². The van der Waals surface area contributed by atoms with Gasteiger partial charge in [0.1, 0.15) is 12.4 Å². The number of rotatable bonds is 8. The van der Waals surface area contributed by atoms with Crippen LogP contribution in [0, 0.1) is 20.8 Å². The van der Waals surface area contributed by atoms with Gasteiger partial charge in [-0.3, -0.25) is 19.8 Å². The molecule has 0 amide bonds. The summed E-state index contributed by atoms with van der Waals surface area (Å²) < 4.78 is 9.17. The molecule has 0 spiro atoms. The molecule has 0 saturated carbocycles. The van der Waals surface area contributed by atoms with E-state index in [0.29, 0.717) is 34.9 Å². The highest BCUT2D eigenvalue weighted by molar-refractivity contribution is 5.48. The van der Waals surface area contributed by atoms with E-state index in [1.807, 2.05) is 111 Å². The molecule has 0 aliphatic rings. The predicted molar refractivity (Wildman–Crippen MR) is 165 cm³/mol. The lowest BCUT2D eigenvalue weighted by molar-refractivity contribution is 0.305. The van der Waals surface area contributed by atoms with Gasteiger partial charge in [0.05, 0.1) is 22.5 Å². The lowest BCUT2D eigenvalue weighted by atomic mass is 9.85. The summed E-state index contributed by atoms with van der Waals surface area (Å²) in [5.41, 5.74) is 6.59. The Morgan fingerprint density at radius 2 is 1.10 bits per heavy atom. The third-order valence-corrected chi connectivity index (χ3v) is 7.71. The van der Waals surface area contributed by atoms with E-state index in [1.54, 1.807) is 0 Å². The van der Waals surface area contributed by atoms with Crippen LogP contribution in [0.15, 0.2) is 119 Å². The number of hydrogen-bond donors (Lipinski definition) is 2. The van der Waals surface area contributed by atoms with Gasteiger partial charge in [0, 0.05) is 17.3 Å². The van der Waals surface area contributed by atoms with Crippen molar-refractivity contribution in [2.45, 2.75) is 33.3 Å². The minimum absolute atomic E-state index is 0.199. The fourth-order valence-corrected chi connectivity index (χ4v) is 5.48. The van der Waals surface area contributed by atoms with Gasteiger partial charge in [-0.25, -0.2) is 9.36 Å². The van der Waals surface area contributed by atoms with Crippen LogP contribution in [-0.4, -0.2) is 19.6 Å². The Hall–Kier alpha value is -5.30. The lowest BCUT2D eigenvalue weighted by Gasteiger charge is -2.17. The van der Waals surface area contributed by atoms with Gasteiger partial charge in [0.2, 0.25) is 0 Å². The highest BCUT2D eigenvalue weighted by atomic mass is 16.5. The Bertz CT molecular complexity index is 1850. The largest absolute Gasteiger partial charge is 0.489 e. The summed E-state index contributed by atoms with van der Waals surface area (Å²) in [7, 11) is 0. The van der Waals surface area contributed by atoms with E-state index in [0.717, 1.165) is 22.5 Å². The van der Waals surface area contributed by atoms with Crippen LogP contribution in [-0.2, 0) is 6.61 Å². The second-order valence-electron chi connectivity index (χ2n) is 10.5. The molecule has 0 atom stereocenters. The molecule has 0 unspecified atom stereocenters. The molecule has 0 fully saturated rings. The molecule has 0 bridgehead atoms. The third-order valence-electron chi connectivity index (χ3n) is 7.71. The van der Waals surface area contributed by atoms with Gasteiger partial charge in [-0.15, -0.1) is 0 Å². The van der Waals surface area contributed by atoms with E-state index in [2.05, 4.69) is 29.3 Å². The number of nitrogens with one attached hydrogen (secondary N) is 2. The van der Waals surface area contributed by atoms with E-state index >= 15 is 0 Å². The number of aryl methyl sites for hydroxylation is 3. The summed E-state index contributed by atoms with van der Waals surface area (Å²) in [6.07, 6.45) is 0. The van der Waals surface area contributed by atoms with Crippen molar-refractivity contribution in [3.05, 3.63) is 169 Å². The summed E-state index contributed by atoms with van der Waals surface area (Å²) in [6, 6.07) is 34.7. The van der Waals surface area contributed by atoms with Crippen LogP contribution in [0.3, 0.4) is 0 Å². The summed E-state index contributed by atoms with van der Waals surface area (Å²) in [6.45, 7) is 6.27. The number of H-pyrrole nitrogens is 2. The first-order valence-corrected chi connectivity index (χ1v) is 13.9. The molecule has 2 aromatic heterocycles. The van der Waals surface area contributed by atoms with E-state index < -0.39 is 5.92 Å². The Morgan fingerprint density at radius 3 is 1.60 bits per heavy atom. The number of hydrogen-bond acceptors (Lipinski definition) is 3. The molecule has 2 N–H and O–H groups in total. The van der Waals surface area contributed by atoms with Gasteiger partial charge in [0.25, 0.3) is 11.1 Å². The van der Waals surface area contributed by atoms with Gasteiger partial charge in [-0.2, -0.15) is 0 Å². The van der Waals surface area contributed by atoms with Crippen LogP contribution in [0.1, 0.15) is 45.1 Å². The average Bonchev–Trinajstić information content (AvgIpc) is 3.48. The highest BCUT2D eigenvalue weighted by Crippen LogP contribution is 2.33. The van der Waals surface area contributed by atoms with Crippen molar-refractivity contribution in [1.82, 2.24) is 19.6 Å². The molecule has 0 aliphatic heterocycles. The molecule has 42 heavy (non-hydrogen) atoms. The van der Waals surface area contributed by atoms with Gasteiger partial charge >= 0.3 is 0 Å². The van der Waals surface area contributed by atoms with Crippen molar-refractivity contribution in [2.24, 2.45) is 0 Å². The zero-order chi connectivity index (χ0) is 29.2. The Kier molecular flexibility index (Phi) is 7.23. The number of benzene rings is 4. The molecule has 0 saturated heterocycles. The zero-order valence-corrected chi connectivity index (χ0v) is 23.8. The van der Waals surface area contributed by atoms with Crippen molar-refractivity contribution in [2.75, 3.05) is 0 Å². The van der Waals surface area contributed by atoms with E-state index in [9.17, 15) is 9.59 Å². The minimum Gasteiger partial charge on any atom is -0.489 e. The molecule has 2 heterocycles. The van der Waals surface area contributed by atoms with E-state index in [4.69, 9.17) is 4.74 Å². The first kappa shape index (κ1) is 26.9. The quantitative estimate of drug-likeness (QED) is 0.230. The number of nitrogens with zero attached hydrogens (tertiary/aromatic N) is 2. The van der Waals surface area contributed by atoms with E-state index in [1.165, 1.54) is 14.9 Å². The second-order valence-corrected chi connectivity index (χ2v) is 10.5. The van der Waals surface area contributed by atoms with Crippen LogP contribution in [0.4, 0.5) is 0 Å². The Labute approximate surface area is 243 Å². The SMILES string of the molecule is Cc1ccccc1COc1ccc(C(c2c(C)[nH]n(-c3ccccc3)c2=O)c2c(C)[nH]n(-c3ccccc3)c2=O)cc1.